The first kappa shape index (κ1) is 14.4. The first-order valence-electron chi connectivity index (χ1n) is 7.68. The van der Waals surface area contributed by atoms with E-state index in [4.69, 9.17) is 0 Å². The standard InChI is InChI=1S/C17H17N7/c1-23(2)13-9-7-12(8-10-13)17-18-16(20-21-17)11-24-15-6-4-3-5-14(15)19-22-24/h3-10H,11H2,1-2H3,(H,18,20,21). The van der Waals surface area contributed by atoms with Gasteiger partial charge >= 0.3 is 0 Å². The Hall–Kier alpha value is -3.22. The van der Waals surface area contributed by atoms with Crippen molar-refractivity contribution in [3.63, 3.8) is 0 Å². The summed E-state index contributed by atoms with van der Waals surface area (Å²) in [6.07, 6.45) is 0. The molecule has 0 aliphatic carbocycles. The molecule has 0 bridgehead atoms. The van der Waals surface area contributed by atoms with Gasteiger partial charge < -0.3 is 4.90 Å². The SMILES string of the molecule is CN(C)c1ccc(-c2n[nH]c(Cn3nnc4ccccc43)n2)cc1. The van der Waals surface area contributed by atoms with Crippen LogP contribution in [-0.2, 0) is 6.54 Å². The summed E-state index contributed by atoms with van der Waals surface area (Å²) < 4.78 is 1.81. The highest BCUT2D eigenvalue weighted by molar-refractivity contribution is 5.73. The van der Waals surface area contributed by atoms with Crippen LogP contribution in [0.25, 0.3) is 22.4 Å². The number of hydrogen-bond acceptors (Lipinski definition) is 5. The number of hydrogen-bond donors (Lipinski definition) is 1. The van der Waals surface area contributed by atoms with Crippen LogP contribution < -0.4 is 4.90 Å². The minimum atomic E-state index is 0.503. The minimum absolute atomic E-state index is 0.503. The highest BCUT2D eigenvalue weighted by atomic mass is 15.4. The van der Waals surface area contributed by atoms with Crippen molar-refractivity contribution in [1.29, 1.82) is 0 Å². The maximum atomic E-state index is 4.57. The Morgan fingerprint density at radius 3 is 2.62 bits per heavy atom. The van der Waals surface area contributed by atoms with Crippen LogP contribution in [0.4, 0.5) is 5.69 Å². The Morgan fingerprint density at radius 2 is 1.83 bits per heavy atom. The van der Waals surface area contributed by atoms with Crippen LogP contribution in [0.5, 0.6) is 0 Å². The molecule has 120 valence electrons. The van der Waals surface area contributed by atoms with Crippen molar-refractivity contribution in [2.75, 3.05) is 19.0 Å². The zero-order chi connectivity index (χ0) is 16.5. The zero-order valence-electron chi connectivity index (χ0n) is 13.5. The van der Waals surface area contributed by atoms with E-state index in [9.17, 15) is 0 Å². The second-order valence-electron chi connectivity index (χ2n) is 5.78. The number of aromatic amines is 1. The van der Waals surface area contributed by atoms with Crippen LogP contribution in [0.3, 0.4) is 0 Å². The smallest absolute Gasteiger partial charge is 0.181 e. The maximum absolute atomic E-state index is 4.57. The van der Waals surface area contributed by atoms with E-state index in [0.717, 1.165) is 28.1 Å². The molecule has 0 amide bonds. The molecule has 0 aliphatic heterocycles. The monoisotopic (exact) mass is 319 g/mol. The molecule has 0 unspecified atom stereocenters. The molecular formula is C17H17N7. The summed E-state index contributed by atoms with van der Waals surface area (Å²) in [5.74, 6) is 1.43. The lowest BCUT2D eigenvalue weighted by Crippen LogP contribution is -2.07. The quantitative estimate of drug-likeness (QED) is 0.625. The largest absolute Gasteiger partial charge is 0.378 e. The molecule has 0 radical (unpaired) electrons. The van der Waals surface area contributed by atoms with Crippen molar-refractivity contribution >= 4 is 16.7 Å². The molecule has 2 heterocycles. The molecule has 0 saturated heterocycles. The summed E-state index contributed by atoms with van der Waals surface area (Å²) in [6.45, 7) is 0.503. The highest BCUT2D eigenvalue weighted by Gasteiger charge is 2.09. The molecule has 1 N–H and O–H groups in total. The lowest BCUT2D eigenvalue weighted by Gasteiger charge is -2.11. The molecular weight excluding hydrogens is 302 g/mol. The number of aromatic nitrogens is 6. The zero-order valence-corrected chi connectivity index (χ0v) is 13.5. The molecule has 0 fully saturated rings. The van der Waals surface area contributed by atoms with Crippen LogP contribution >= 0.6 is 0 Å². The predicted octanol–water partition coefficient (Wildman–Crippen LogP) is 2.33. The predicted molar refractivity (Wildman–Crippen MR) is 92.8 cm³/mol. The Labute approximate surface area is 138 Å². The first-order chi connectivity index (χ1) is 11.7. The fourth-order valence-corrected chi connectivity index (χ4v) is 2.58. The molecule has 0 aliphatic rings. The summed E-state index contributed by atoms with van der Waals surface area (Å²) in [5.41, 5.74) is 3.97. The minimum Gasteiger partial charge on any atom is -0.378 e. The molecule has 0 atom stereocenters. The van der Waals surface area contributed by atoms with Gasteiger partial charge in [0.15, 0.2) is 5.82 Å². The number of fused-ring (bicyclic) bond motifs is 1. The fraction of sp³-hybridized carbons (Fsp3) is 0.176. The lowest BCUT2D eigenvalue weighted by molar-refractivity contribution is 0.645. The molecule has 24 heavy (non-hydrogen) atoms. The van der Waals surface area contributed by atoms with Crippen LogP contribution in [0, 0.1) is 0 Å². The van der Waals surface area contributed by atoms with Crippen LogP contribution in [0.15, 0.2) is 48.5 Å². The van der Waals surface area contributed by atoms with Gasteiger partial charge in [0.2, 0.25) is 0 Å². The van der Waals surface area contributed by atoms with Crippen molar-refractivity contribution < 1.29 is 0 Å². The normalized spacial score (nSPS) is 11.1. The van der Waals surface area contributed by atoms with Gasteiger partial charge in [0.25, 0.3) is 0 Å². The molecule has 0 spiro atoms. The van der Waals surface area contributed by atoms with Gasteiger partial charge in [0.1, 0.15) is 17.9 Å². The van der Waals surface area contributed by atoms with Crippen molar-refractivity contribution in [3.8, 4) is 11.4 Å². The molecule has 7 heteroatoms. The number of nitrogens with zero attached hydrogens (tertiary/aromatic N) is 6. The van der Waals surface area contributed by atoms with E-state index < -0.39 is 0 Å². The van der Waals surface area contributed by atoms with Crippen molar-refractivity contribution in [1.82, 2.24) is 30.2 Å². The van der Waals surface area contributed by atoms with Gasteiger partial charge in [0, 0.05) is 25.3 Å². The van der Waals surface area contributed by atoms with Crippen LogP contribution in [0.2, 0.25) is 0 Å². The summed E-state index contributed by atoms with van der Waals surface area (Å²) in [4.78, 5) is 6.63. The maximum Gasteiger partial charge on any atom is 0.181 e. The van der Waals surface area contributed by atoms with Gasteiger partial charge in [-0.05, 0) is 36.4 Å². The van der Waals surface area contributed by atoms with E-state index in [1.54, 1.807) is 0 Å². The van der Waals surface area contributed by atoms with E-state index in [-0.39, 0.29) is 0 Å². The van der Waals surface area contributed by atoms with Crippen LogP contribution in [-0.4, -0.2) is 44.3 Å². The Morgan fingerprint density at radius 1 is 1.04 bits per heavy atom. The third-order valence-corrected chi connectivity index (χ3v) is 3.89. The summed E-state index contributed by atoms with van der Waals surface area (Å²) in [7, 11) is 4.03. The molecule has 2 aromatic carbocycles. The van der Waals surface area contributed by atoms with E-state index >= 15 is 0 Å². The van der Waals surface area contributed by atoms with Gasteiger partial charge in [-0.3, -0.25) is 5.10 Å². The van der Waals surface area contributed by atoms with Gasteiger partial charge in [-0.2, -0.15) is 5.10 Å². The summed E-state index contributed by atoms with van der Waals surface area (Å²) >= 11 is 0. The lowest BCUT2D eigenvalue weighted by atomic mass is 10.2. The summed E-state index contributed by atoms with van der Waals surface area (Å²) in [6, 6.07) is 16.0. The molecule has 0 saturated carbocycles. The van der Waals surface area contributed by atoms with Gasteiger partial charge in [0.05, 0.1) is 5.52 Å². The average molecular weight is 319 g/mol. The van der Waals surface area contributed by atoms with Gasteiger partial charge in [-0.15, -0.1) is 5.10 Å². The molecule has 2 aromatic heterocycles. The van der Waals surface area contributed by atoms with E-state index in [0.29, 0.717) is 12.4 Å². The van der Waals surface area contributed by atoms with Gasteiger partial charge in [-0.1, -0.05) is 17.3 Å². The number of para-hydroxylation sites is 1. The second kappa shape index (κ2) is 5.77. The third-order valence-electron chi connectivity index (χ3n) is 3.89. The Kier molecular flexibility index (Phi) is 3.45. The molecule has 4 aromatic rings. The third kappa shape index (κ3) is 2.60. The molecule has 4 rings (SSSR count). The Bertz CT molecular complexity index is 966. The molecule has 7 nitrogen and oxygen atoms in total. The van der Waals surface area contributed by atoms with E-state index in [2.05, 4.69) is 42.5 Å². The number of anilines is 1. The van der Waals surface area contributed by atoms with Gasteiger partial charge in [-0.25, -0.2) is 9.67 Å². The number of nitrogens with one attached hydrogen (secondary N) is 1. The number of benzene rings is 2. The van der Waals surface area contributed by atoms with Crippen LogP contribution in [0.1, 0.15) is 5.82 Å². The topological polar surface area (TPSA) is 75.5 Å². The second-order valence-corrected chi connectivity index (χ2v) is 5.78. The van der Waals surface area contributed by atoms with Crippen molar-refractivity contribution in [2.24, 2.45) is 0 Å². The van der Waals surface area contributed by atoms with E-state index in [1.807, 2.05) is 55.2 Å². The fourth-order valence-electron chi connectivity index (χ4n) is 2.58. The number of rotatable bonds is 4. The average Bonchev–Trinajstić information content (AvgIpc) is 3.23. The van der Waals surface area contributed by atoms with Crippen molar-refractivity contribution in [2.45, 2.75) is 6.54 Å². The first-order valence-corrected chi connectivity index (χ1v) is 7.68. The van der Waals surface area contributed by atoms with E-state index in [1.165, 1.54) is 0 Å². The number of H-pyrrole nitrogens is 1. The highest BCUT2D eigenvalue weighted by Crippen LogP contribution is 2.19. The Balaban J connectivity index is 1.58. The van der Waals surface area contributed by atoms with Crippen molar-refractivity contribution in [3.05, 3.63) is 54.4 Å². The summed E-state index contributed by atoms with van der Waals surface area (Å²) in [5, 5.41) is 15.6.